The molecule has 3 aromatic heterocycles. The van der Waals surface area contributed by atoms with E-state index in [9.17, 15) is 0 Å². The molecular weight excluding hydrogens is 348 g/mol. The molecule has 0 saturated heterocycles. The van der Waals surface area contributed by atoms with Crippen molar-refractivity contribution < 1.29 is 0 Å². The Labute approximate surface area is 155 Å². The van der Waals surface area contributed by atoms with Gasteiger partial charge in [0.25, 0.3) is 0 Å². The highest BCUT2D eigenvalue weighted by molar-refractivity contribution is 7.99. The Kier molecular flexibility index (Phi) is 4.55. The number of pyridine rings is 1. The fraction of sp³-hybridized carbons (Fsp3) is 0.211. The van der Waals surface area contributed by atoms with Gasteiger partial charge in [0, 0.05) is 16.8 Å². The molecule has 0 amide bonds. The van der Waals surface area contributed by atoms with Crippen molar-refractivity contribution in [2.45, 2.75) is 30.8 Å². The molecule has 4 nitrogen and oxygen atoms in total. The summed E-state index contributed by atoms with van der Waals surface area (Å²) in [5.74, 6) is 0. The Bertz CT molecular complexity index is 989. The first kappa shape index (κ1) is 16.3. The highest BCUT2D eigenvalue weighted by atomic mass is 32.2. The number of thiazole rings is 1. The topological polar surface area (TPSA) is 43.6 Å². The van der Waals surface area contributed by atoms with Gasteiger partial charge in [-0.1, -0.05) is 43.8 Å². The van der Waals surface area contributed by atoms with Gasteiger partial charge in [-0.25, -0.2) is 9.97 Å². The zero-order valence-corrected chi connectivity index (χ0v) is 15.7. The van der Waals surface area contributed by atoms with E-state index in [0.717, 1.165) is 39.1 Å². The summed E-state index contributed by atoms with van der Waals surface area (Å²) in [6.07, 6.45) is 1.80. The normalized spacial score (nSPS) is 11.5. The molecule has 6 heteroatoms. The lowest BCUT2D eigenvalue weighted by Crippen LogP contribution is -2.03. The second kappa shape index (κ2) is 6.98. The van der Waals surface area contributed by atoms with E-state index in [1.165, 1.54) is 0 Å². The summed E-state index contributed by atoms with van der Waals surface area (Å²) < 4.78 is 2.26. The van der Waals surface area contributed by atoms with Gasteiger partial charge in [-0.3, -0.25) is 4.98 Å². The number of hydrogen-bond acceptors (Lipinski definition) is 5. The van der Waals surface area contributed by atoms with Crippen LogP contribution in [0.3, 0.4) is 0 Å². The van der Waals surface area contributed by atoms with Crippen LogP contribution in [0.25, 0.3) is 21.7 Å². The van der Waals surface area contributed by atoms with Crippen molar-refractivity contribution in [1.82, 2.24) is 19.5 Å². The molecule has 0 spiro atoms. The molecule has 0 radical (unpaired) electrons. The minimum atomic E-state index is 0.482. The van der Waals surface area contributed by atoms with Crippen molar-refractivity contribution in [3.8, 4) is 10.7 Å². The third-order valence-electron chi connectivity index (χ3n) is 3.72. The molecule has 0 bridgehead atoms. The Morgan fingerprint density at radius 1 is 1.08 bits per heavy atom. The van der Waals surface area contributed by atoms with Crippen LogP contribution in [-0.2, 0) is 6.54 Å². The van der Waals surface area contributed by atoms with Crippen LogP contribution >= 0.6 is 23.1 Å². The van der Waals surface area contributed by atoms with Crippen LogP contribution < -0.4 is 0 Å². The maximum Gasteiger partial charge on any atom is 0.169 e. The number of thioether (sulfide) groups is 1. The summed E-state index contributed by atoms with van der Waals surface area (Å²) in [5, 5.41) is 4.60. The summed E-state index contributed by atoms with van der Waals surface area (Å²) >= 11 is 3.42. The zero-order valence-electron chi connectivity index (χ0n) is 14.1. The minimum Gasteiger partial charge on any atom is -0.313 e. The van der Waals surface area contributed by atoms with Crippen LogP contribution in [0.5, 0.6) is 0 Å². The number of rotatable bonds is 5. The van der Waals surface area contributed by atoms with Gasteiger partial charge in [-0.15, -0.1) is 11.3 Å². The molecule has 0 fully saturated rings. The Morgan fingerprint density at radius 3 is 2.72 bits per heavy atom. The third kappa shape index (κ3) is 3.45. The lowest BCUT2D eigenvalue weighted by Gasteiger charge is -2.08. The summed E-state index contributed by atoms with van der Waals surface area (Å²) in [5.41, 5.74) is 4.15. The monoisotopic (exact) mass is 366 g/mol. The Hall–Kier alpha value is -2.18. The number of benzene rings is 1. The van der Waals surface area contributed by atoms with E-state index in [2.05, 4.69) is 47.0 Å². The van der Waals surface area contributed by atoms with Crippen molar-refractivity contribution in [3.05, 3.63) is 59.7 Å². The van der Waals surface area contributed by atoms with Gasteiger partial charge in [0.05, 0.1) is 29.0 Å². The van der Waals surface area contributed by atoms with Crippen LogP contribution in [0, 0.1) is 0 Å². The minimum absolute atomic E-state index is 0.482. The maximum absolute atomic E-state index is 4.80. The first-order chi connectivity index (χ1) is 12.2. The maximum atomic E-state index is 4.80. The van der Waals surface area contributed by atoms with E-state index in [1.54, 1.807) is 29.3 Å². The zero-order chi connectivity index (χ0) is 17.2. The summed E-state index contributed by atoms with van der Waals surface area (Å²) in [7, 11) is 0. The Balaban J connectivity index is 1.70. The second-order valence-electron chi connectivity index (χ2n) is 5.99. The van der Waals surface area contributed by atoms with E-state index in [1.807, 2.05) is 24.3 Å². The summed E-state index contributed by atoms with van der Waals surface area (Å²) in [4.78, 5) is 14.0. The molecule has 25 heavy (non-hydrogen) atoms. The second-order valence-corrected chi connectivity index (χ2v) is 8.40. The van der Waals surface area contributed by atoms with E-state index < -0.39 is 0 Å². The van der Waals surface area contributed by atoms with Crippen molar-refractivity contribution in [2.24, 2.45) is 0 Å². The predicted octanol–water partition coefficient (Wildman–Crippen LogP) is 5.10. The number of hydrogen-bond donors (Lipinski definition) is 0. The average molecular weight is 367 g/mol. The van der Waals surface area contributed by atoms with Gasteiger partial charge in [-0.2, -0.15) is 0 Å². The highest BCUT2D eigenvalue weighted by Crippen LogP contribution is 2.29. The van der Waals surface area contributed by atoms with E-state index >= 15 is 0 Å². The molecule has 0 N–H and O–H groups in total. The lowest BCUT2D eigenvalue weighted by molar-refractivity contribution is 0.717. The van der Waals surface area contributed by atoms with Crippen LogP contribution in [-0.4, -0.2) is 24.8 Å². The molecule has 0 aliphatic carbocycles. The largest absolute Gasteiger partial charge is 0.313 e. The molecule has 0 saturated carbocycles. The molecule has 1 aromatic carbocycles. The molecule has 0 aliphatic heterocycles. The lowest BCUT2D eigenvalue weighted by atomic mass is 10.3. The molecule has 0 aliphatic rings. The number of para-hydroxylation sites is 2. The predicted molar refractivity (Wildman–Crippen MR) is 105 cm³/mol. The van der Waals surface area contributed by atoms with Gasteiger partial charge < -0.3 is 4.57 Å². The number of aromatic nitrogens is 4. The molecule has 0 atom stereocenters. The van der Waals surface area contributed by atoms with Crippen molar-refractivity contribution in [3.63, 3.8) is 0 Å². The standard InChI is InChI=1S/C19H18N4S2/c1-13(2)25-19-22-15-7-3-4-9-17(15)23(19)11-14-12-24-18(21-14)16-8-5-6-10-20-16/h3-10,12-13H,11H2,1-2H3. The van der Waals surface area contributed by atoms with E-state index in [4.69, 9.17) is 9.97 Å². The Morgan fingerprint density at radius 2 is 1.92 bits per heavy atom. The van der Waals surface area contributed by atoms with Gasteiger partial charge in [0.2, 0.25) is 0 Å². The fourth-order valence-electron chi connectivity index (χ4n) is 2.66. The fourth-order valence-corrected chi connectivity index (χ4v) is 4.30. The number of nitrogens with zero attached hydrogens (tertiary/aromatic N) is 4. The highest BCUT2D eigenvalue weighted by Gasteiger charge is 2.14. The third-order valence-corrected chi connectivity index (χ3v) is 5.62. The van der Waals surface area contributed by atoms with Gasteiger partial charge in [-0.05, 0) is 24.3 Å². The average Bonchev–Trinajstić information content (AvgIpc) is 3.21. The first-order valence-electron chi connectivity index (χ1n) is 8.18. The SMILES string of the molecule is CC(C)Sc1nc2ccccc2n1Cc1csc(-c2ccccn2)n1. The molecule has 0 unspecified atom stereocenters. The molecular formula is C19H18N4S2. The summed E-state index contributed by atoms with van der Waals surface area (Å²) in [6.45, 7) is 5.10. The quantitative estimate of drug-likeness (QED) is 0.461. The van der Waals surface area contributed by atoms with Gasteiger partial charge >= 0.3 is 0 Å². The van der Waals surface area contributed by atoms with Crippen LogP contribution in [0.1, 0.15) is 19.5 Å². The first-order valence-corrected chi connectivity index (χ1v) is 9.94. The van der Waals surface area contributed by atoms with Crippen molar-refractivity contribution in [2.75, 3.05) is 0 Å². The summed E-state index contributed by atoms with van der Waals surface area (Å²) in [6, 6.07) is 14.2. The van der Waals surface area contributed by atoms with Gasteiger partial charge in [0.15, 0.2) is 5.16 Å². The molecule has 3 heterocycles. The molecule has 4 rings (SSSR count). The number of imidazole rings is 1. The van der Waals surface area contributed by atoms with Crippen LogP contribution in [0.15, 0.2) is 59.2 Å². The van der Waals surface area contributed by atoms with Crippen molar-refractivity contribution in [1.29, 1.82) is 0 Å². The van der Waals surface area contributed by atoms with Crippen molar-refractivity contribution >= 4 is 34.1 Å². The van der Waals surface area contributed by atoms with Crippen LogP contribution in [0.4, 0.5) is 0 Å². The van der Waals surface area contributed by atoms with E-state index in [0.29, 0.717) is 5.25 Å². The van der Waals surface area contributed by atoms with Gasteiger partial charge in [0.1, 0.15) is 5.01 Å². The molecule has 126 valence electrons. The smallest absolute Gasteiger partial charge is 0.169 e. The number of fused-ring (bicyclic) bond motifs is 1. The van der Waals surface area contributed by atoms with Crippen LogP contribution in [0.2, 0.25) is 0 Å². The molecule has 4 aromatic rings. The van der Waals surface area contributed by atoms with E-state index in [-0.39, 0.29) is 0 Å².